The van der Waals surface area contributed by atoms with E-state index in [2.05, 4.69) is 5.32 Å². The quantitative estimate of drug-likeness (QED) is 0.495. The number of carbonyl (C=O) groups is 3. The molecule has 0 spiro atoms. The lowest BCUT2D eigenvalue weighted by Gasteiger charge is -2.21. The van der Waals surface area contributed by atoms with Crippen LogP contribution in [0.25, 0.3) is 0 Å². The Morgan fingerprint density at radius 1 is 1.16 bits per heavy atom. The van der Waals surface area contributed by atoms with Crippen LogP contribution < -0.4 is 5.32 Å². The lowest BCUT2D eigenvalue weighted by atomic mass is 10.3. The van der Waals surface area contributed by atoms with Gasteiger partial charge in [0.1, 0.15) is 0 Å². The van der Waals surface area contributed by atoms with Gasteiger partial charge < -0.3 is 15.0 Å². The summed E-state index contributed by atoms with van der Waals surface area (Å²) >= 11 is 0. The summed E-state index contributed by atoms with van der Waals surface area (Å²) in [5, 5.41) is 2.67. The van der Waals surface area contributed by atoms with Gasteiger partial charge in [0, 0.05) is 33.0 Å². The first-order valence-corrected chi connectivity index (χ1v) is 6.69. The highest BCUT2D eigenvalue weighted by Gasteiger charge is 2.13. The van der Waals surface area contributed by atoms with Crippen LogP contribution in [0.4, 0.5) is 0 Å². The van der Waals surface area contributed by atoms with E-state index in [0.29, 0.717) is 39.1 Å². The fourth-order valence-corrected chi connectivity index (χ4v) is 1.58. The van der Waals surface area contributed by atoms with Gasteiger partial charge in [0.05, 0.1) is 13.0 Å². The second-order valence-corrected chi connectivity index (χ2v) is 4.13. The van der Waals surface area contributed by atoms with Crippen LogP contribution in [0.1, 0.15) is 40.0 Å². The molecule has 19 heavy (non-hydrogen) atoms. The molecule has 0 bridgehead atoms. The fourth-order valence-electron chi connectivity index (χ4n) is 1.58. The highest BCUT2D eigenvalue weighted by Crippen LogP contribution is 1.99. The van der Waals surface area contributed by atoms with Crippen LogP contribution in [0.5, 0.6) is 0 Å². The molecule has 0 aliphatic rings. The van der Waals surface area contributed by atoms with Gasteiger partial charge in [-0.05, 0) is 13.3 Å². The number of nitrogens with one attached hydrogen (secondary N) is 1. The second-order valence-electron chi connectivity index (χ2n) is 4.13. The molecule has 0 rings (SSSR count). The van der Waals surface area contributed by atoms with Crippen LogP contribution in [0, 0.1) is 0 Å². The van der Waals surface area contributed by atoms with Crippen LogP contribution in [-0.4, -0.2) is 48.9 Å². The van der Waals surface area contributed by atoms with Crippen molar-refractivity contribution in [3.63, 3.8) is 0 Å². The first-order valence-electron chi connectivity index (χ1n) is 6.69. The van der Waals surface area contributed by atoms with Crippen LogP contribution in [0.2, 0.25) is 0 Å². The zero-order chi connectivity index (χ0) is 14.7. The van der Waals surface area contributed by atoms with Crippen molar-refractivity contribution in [2.45, 2.75) is 40.0 Å². The normalized spacial score (nSPS) is 9.84. The molecule has 0 heterocycles. The molecule has 0 saturated heterocycles. The number of carbonyl (C=O) groups excluding carboxylic acids is 3. The van der Waals surface area contributed by atoms with E-state index < -0.39 is 0 Å². The van der Waals surface area contributed by atoms with Crippen molar-refractivity contribution in [3.8, 4) is 0 Å². The number of rotatable bonds is 9. The van der Waals surface area contributed by atoms with Crippen LogP contribution >= 0.6 is 0 Å². The van der Waals surface area contributed by atoms with Crippen molar-refractivity contribution >= 4 is 17.8 Å². The lowest BCUT2D eigenvalue weighted by molar-refractivity contribution is -0.144. The van der Waals surface area contributed by atoms with Crippen LogP contribution in [-0.2, 0) is 19.1 Å². The molecule has 0 aliphatic carbocycles. The standard InChI is InChI=1S/C13H24N2O4/c1-4-12(17)15(9-6-8-14-11(3)16)10-7-13(18)19-5-2/h4-10H2,1-3H3,(H,14,16). The summed E-state index contributed by atoms with van der Waals surface area (Å²) in [4.78, 5) is 35.3. The van der Waals surface area contributed by atoms with E-state index in [4.69, 9.17) is 4.74 Å². The number of amides is 2. The molecule has 0 unspecified atom stereocenters. The summed E-state index contributed by atoms with van der Waals surface area (Å²) in [5.41, 5.74) is 0. The van der Waals surface area contributed by atoms with Crippen molar-refractivity contribution < 1.29 is 19.1 Å². The minimum absolute atomic E-state index is 0.00660. The Bertz CT molecular complexity index is 305. The van der Waals surface area contributed by atoms with Gasteiger partial charge in [-0.15, -0.1) is 0 Å². The Labute approximate surface area is 114 Å². The van der Waals surface area contributed by atoms with Crippen molar-refractivity contribution in [2.24, 2.45) is 0 Å². The van der Waals surface area contributed by atoms with Gasteiger partial charge in [0.25, 0.3) is 0 Å². The van der Waals surface area contributed by atoms with Gasteiger partial charge in [-0.2, -0.15) is 0 Å². The summed E-state index contributed by atoms with van der Waals surface area (Å²) in [6.45, 7) is 6.77. The Morgan fingerprint density at radius 2 is 1.84 bits per heavy atom. The fraction of sp³-hybridized carbons (Fsp3) is 0.769. The number of ether oxygens (including phenoxy) is 1. The van der Waals surface area contributed by atoms with Gasteiger partial charge >= 0.3 is 5.97 Å². The van der Waals surface area contributed by atoms with Gasteiger partial charge in [0.2, 0.25) is 11.8 Å². The third-order valence-electron chi connectivity index (χ3n) is 2.53. The Morgan fingerprint density at radius 3 is 2.37 bits per heavy atom. The van der Waals surface area contributed by atoms with Crippen molar-refractivity contribution in [1.29, 1.82) is 0 Å². The molecule has 6 heteroatoms. The molecule has 0 fully saturated rings. The molecule has 0 saturated carbocycles. The zero-order valence-corrected chi connectivity index (χ0v) is 12.0. The van der Waals surface area contributed by atoms with E-state index in [1.807, 2.05) is 0 Å². The smallest absolute Gasteiger partial charge is 0.307 e. The molecule has 1 N–H and O–H groups in total. The number of nitrogens with zero attached hydrogens (tertiary/aromatic N) is 1. The highest BCUT2D eigenvalue weighted by molar-refractivity contribution is 5.77. The summed E-state index contributed by atoms with van der Waals surface area (Å²) < 4.78 is 4.83. The second kappa shape index (κ2) is 10.3. The molecule has 0 aliphatic heterocycles. The predicted molar refractivity (Wildman–Crippen MR) is 71.4 cm³/mol. The number of hydrogen-bond acceptors (Lipinski definition) is 4. The molecule has 2 amide bonds. The third kappa shape index (κ3) is 9.04. The monoisotopic (exact) mass is 272 g/mol. The van der Waals surface area contributed by atoms with Gasteiger partial charge in [-0.1, -0.05) is 6.92 Å². The van der Waals surface area contributed by atoms with Crippen LogP contribution in [0.15, 0.2) is 0 Å². The average Bonchev–Trinajstić information content (AvgIpc) is 2.37. The Hall–Kier alpha value is -1.59. The molecular formula is C13H24N2O4. The number of esters is 1. The summed E-state index contributed by atoms with van der Waals surface area (Å²) in [6, 6.07) is 0. The summed E-state index contributed by atoms with van der Waals surface area (Å²) in [5.74, 6) is -0.370. The van der Waals surface area contributed by atoms with Gasteiger partial charge in [-0.25, -0.2) is 0 Å². The first-order chi connectivity index (χ1) is 9.01. The van der Waals surface area contributed by atoms with E-state index in [-0.39, 0.29) is 24.2 Å². The maximum absolute atomic E-state index is 11.7. The van der Waals surface area contributed by atoms with E-state index in [0.717, 1.165) is 0 Å². The van der Waals surface area contributed by atoms with Crippen molar-refractivity contribution in [2.75, 3.05) is 26.2 Å². The highest BCUT2D eigenvalue weighted by atomic mass is 16.5. The predicted octanol–water partition coefficient (Wildman–Crippen LogP) is 0.704. The molecule has 110 valence electrons. The molecule has 0 aromatic heterocycles. The van der Waals surface area contributed by atoms with E-state index >= 15 is 0 Å². The maximum atomic E-state index is 11.7. The third-order valence-corrected chi connectivity index (χ3v) is 2.53. The molecule has 0 radical (unpaired) electrons. The molecule has 0 aromatic rings. The minimum atomic E-state index is -0.293. The van der Waals surface area contributed by atoms with Crippen molar-refractivity contribution in [1.82, 2.24) is 10.2 Å². The van der Waals surface area contributed by atoms with Gasteiger partial charge in [-0.3, -0.25) is 14.4 Å². The van der Waals surface area contributed by atoms with E-state index in [1.165, 1.54) is 6.92 Å². The molecule has 6 nitrogen and oxygen atoms in total. The SMILES string of the molecule is CCOC(=O)CCN(CCCNC(C)=O)C(=O)CC. The maximum Gasteiger partial charge on any atom is 0.307 e. The molecular weight excluding hydrogens is 248 g/mol. The summed E-state index contributed by atoms with van der Waals surface area (Å²) in [6.07, 6.45) is 1.29. The van der Waals surface area contributed by atoms with Gasteiger partial charge in [0.15, 0.2) is 0 Å². The summed E-state index contributed by atoms with van der Waals surface area (Å²) in [7, 11) is 0. The molecule has 0 atom stereocenters. The minimum Gasteiger partial charge on any atom is -0.466 e. The molecule has 0 aromatic carbocycles. The topological polar surface area (TPSA) is 75.7 Å². The average molecular weight is 272 g/mol. The zero-order valence-electron chi connectivity index (χ0n) is 12.0. The van der Waals surface area contributed by atoms with Crippen molar-refractivity contribution in [3.05, 3.63) is 0 Å². The largest absolute Gasteiger partial charge is 0.466 e. The number of hydrogen-bond donors (Lipinski definition) is 1. The lowest BCUT2D eigenvalue weighted by Crippen LogP contribution is -2.35. The first kappa shape index (κ1) is 17.4. The Kier molecular flexibility index (Phi) is 9.48. The van der Waals surface area contributed by atoms with E-state index in [1.54, 1.807) is 18.7 Å². The van der Waals surface area contributed by atoms with Crippen LogP contribution in [0.3, 0.4) is 0 Å². The van der Waals surface area contributed by atoms with E-state index in [9.17, 15) is 14.4 Å². The Balaban J connectivity index is 4.05.